The van der Waals surface area contributed by atoms with Crippen LogP contribution < -0.4 is 0 Å². The second-order valence-corrected chi connectivity index (χ2v) is 9.67. The summed E-state index contributed by atoms with van der Waals surface area (Å²) in [7, 11) is 0. The van der Waals surface area contributed by atoms with Crippen molar-refractivity contribution in [1.82, 2.24) is 9.88 Å². The number of carbonyl (C=O) groups is 1. The molecular weight excluding hydrogens is 388 g/mol. The third kappa shape index (κ3) is 2.91. The van der Waals surface area contributed by atoms with Crippen LogP contribution in [0.15, 0.2) is 53.2 Å². The van der Waals surface area contributed by atoms with Gasteiger partial charge in [-0.1, -0.05) is 36.4 Å². The maximum absolute atomic E-state index is 13.3. The molecule has 2 fully saturated rings. The number of thiophene rings is 1. The van der Waals surface area contributed by atoms with Gasteiger partial charge in [0.2, 0.25) is 0 Å². The predicted octanol–water partition coefficient (Wildman–Crippen LogP) is 4.47. The van der Waals surface area contributed by atoms with E-state index in [2.05, 4.69) is 17.1 Å². The molecule has 0 saturated carbocycles. The molecule has 0 radical (unpaired) electrons. The van der Waals surface area contributed by atoms with Crippen LogP contribution in [0.1, 0.15) is 35.3 Å². The van der Waals surface area contributed by atoms with Gasteiger partial charge in [0.25, 0.3) is 5.91 Å². The van der Waals surface area contributed by atoms with Gasteiger partial charge in [-0.15, -0.1) is 22.7 Å². The number of fused-ring (bicyclic) bond motifs is 2. The van der Waals surface area contributed by atoms with Crippen LogP contribution in [0.25, 0.3) is 9.88 Å². The lowest BCUT2D eigenvalue weighted by atomic mass is 9.70. The van der Waals surface area contributed by atoms with E-state index in [9.17, 15) is 9.90 Å². The molecule has 2 aliphatic rings. The summed E-state index contributed by atoms with van der Waals surface area (Å²) in [6, 6.07) is 14.7. The number of carbonyl (C=O) groups excluding carboxylic acids is 1. The lowest BCUT2D eigenvalue weighted by Gasteiger charge is -2.36. The number of aliphatic hydroxyl groups is 1. The molecule has 6 heteroatoms. The highest BCUT2D eigenvalue weighted by Crippen LogP contribution is 2.51. The number of aliphatic hydroxyl groups excluding tert-OH is 1. The van der Waals surface area contributed by atoms with E-state index in [4.69, 9.17) is 0 Å². The summed E-state index contributed by atoms with van der Waals surface area (Å²) in [6.07, 6.45) is 3.67. The Balaban J connectivity index is 1.41. The molecule has 0 aliphatic carbocycles. The van der Waals surface area contributed by atoms with Crippen LogP contribution in [0.2, 0.25) is 0 Å². The Kier molecular flexibility index (Phi) is 4.57. The summed E-state index contributed by atoms with van der Waals surface area (Å²) in [4.78, 5) is 21.1. The van der Waals surface area contributed by atoms with E-state index in [1.54, 1.807) is 11.3 Å². The first-order chi connectivity index (χ1) is 13.7. The van der Waals surface area contributed by atoms with Gasteiger partial charge in [0, 0.05) is 22.9 Å². The number of thiazole rings is 1. The van der Waals surface area contributed by atoms with E-state index >= 15 is 0 Å². The van der Waals surface area contributed by atoms with Gasteiger partial charge in [0.1, 0.15) is 10.7 Å². The number of amides is 1. The van der Waals surface area contributed by atoms with Crippen LogP contribution in [0.4, 0.5) is 0 Å². The Morgan fingerprint density at radius 1 is 1.18 bits per heavy atom. The molecule has 4 heterocycles. The summed E-state index contributed by atoms with van der Waals surface area (Å²) < 4.78 is 0. The topological polar surface area (TPSA) is 53.4 Å². The van der Waals surface area contributed by atoms with E-state index in [0.29, 0.717) is 5.69 Å². The summed E-state index contributed by atoms with van der Waals surface area (Å²) in [5.74, 6) is 0.0231. The fraction of sp³-hybridized carbons (Fsp3) is 0.364. The number of nitrogens with zero attached hydrogens (tertiary/aromatic N) is 2. The van der Waals surface area contributed by atoms with Gasteiger partial charge in [-0.3, -0.25) is 4.79 Å². The zero-order valence-corrected chi connectivity index (χ0v) is 17.1. The van der Waals surface area contributed by atoms with Gasteiger partial charge in [0.05, 0.1) is 11.5 Å². The van der Waals surface area contributed by atoms with Crippen molar-refractivity contribution in [3.8, 4) is 9.88 Å². The van der Waals surface area contributed by atoms with Gasteiger partial charge >= 0.3 is 0 Å². The third-order valence-corrected chi connectivity index (χ3v) is 8.14. The first-order valence-corrected chi connectivity index (χ1v) is 11.4. The molecular formula is C22H22N2O2S2. The van der Waals surface area contributed by atoms with Crippen molar-refractivity contribution in [2.45, 2.75) is 37.8 Å². The van der Waals surface area contributed by atoms with Crippen LogP contribution in [-0.4, -0.2) is 39.6 Å². The molecule has 0 unspecified atom stereocenters. The highest BCUT2D eigenvalue weighted by Gasteiger charge is 2.57. The molecule has 2 aromatic heterocycles. The Hall–Kier alpha value is -2.02. The second kappa shape index (κ2) is 7.10. The van der Waals surface area contributed by atoms with Crippen LogP contribution in [0.3, 0.4) is 0 Å². The largest absolute Gasteiger partial charge is 0.396 e. The monoisotopic (exact) mass is 410 g/mol. The number of aromatic nitrogens is 1. The smallest absolute Gasteiger partial charge is 0.273 e. The SMILES string of the molecule is O=C(c1csc(-c2cccs2)n1)N1[C@H]2CC[C@@H]1[C@@](CO)(Cc1ccccc1)C2. The number of benzene rings is 1. The maximum atomic E-state index is 13.3. The Morgan fingerprint density at radius 2 is 2.04 bits per heavy atom. The zero-order valence-electron chi connectivity index (χ0n) is 15.5. The molecule has 2 aliphatic heterocycles. The molecule has 0 spiro atoms. The maximum Gasteiger partial charge on any atom is 0.273 e. The first-order valence-electron chi connectivity index (χ1n) is 9.67. The van der Waals surface area contributed by atoms with Crippen LogP contribution in [-0.2, 0) is 6.42 Å². The van der Waals surface area contributed by atoms with Gasteiger partial charge in [0.15, 0.2) is 0 Å². The van der Waals surface area contributed by atoms with E-state index < -0.39 is 0 Å². The minimum Gasteiger partial charge on any atom is -0.396 e. The van der Waals surface area contributed by atoms with Crippen LogP contribution >= 0.6 is 22.7 Å². The lowest BCUT2D eigenvalue weighted by Crippen LogP contribution is -2.44. The van der Waals surface area contributed by atoms with Gasteiger partial charge in [-0.25, -0.2) is 4.98 Å². The van der Waals surface area contributed by atoms with Crippen molar-refractivity contribution < 1.29 is 9.90 Å². The zero-order chi connectivity index (χ0) is 19.1. The molecule has 2 saturated heterocycles. The molecule has 144 valence electrons. The highest BCUT2D eigenvalue weighted by molar-refractivity contribution is 7.20. The van der Waals surface area contributed by atoms with Crippen molar-refractivity contribution in [1.29, 1.82) is 0 Å². The van der Waals surface area contributed by atoms with Crippen molar-refractivity contribution in [3.63, 3.8) is 0 Å². The summed E-state index contributed by atoms with van der Waals surface area (Å²) in [6.45, 7) is 0.115. The third-order valence-electron chi connectivity index (χ3n) is 6.26. The molecule has 1 N–H and O–H groups in total. The molecule has 2 bridgehead atoms. The summed E-state index contributed by atoms with van der Waals surface area (Å²) in [5.41, 5.74) is 1.52. The minimum absolute atomic E-state index is 0.0231. The first kappa shape index (κ1) is 18.0. The van der Waals surface area contributed by atoms with E-state index in [1.807, 2.05) is 46.0 Å². The average molecular weight is 411 g/mol. The van der Waals surface area contributed by atoms with Gasteiger partial charge in [-0.2, -0.15) is 0 Å². The average Bonchev–Trinajstić information content (AvgIpc) is 3.51. The van der Waals surface area contributed by atoms with Crippen molar-refractivity contribution >= 4 is 28.6 Å². The van der Waals surface area contributed by atoms with E-state index in [1.165, 1.54) is 16.9 Å². The molecule has 3 aromatic rings. The predicted molar refractivity (Wildman–Crippen MR) is 113 cm³/mol. The van der Waals surface area contributed by atoms with E-state index in [-0.39, 0.29) is 30.0 Å². The van der Waals surface area contributed by atoms with E-state index in [0.717, 1.165) is 35.6 Å². The minimum atomic E-state index is -0.244. The molecule has 1 amide bonds. The molecule has 3 atom stereocenters. The Morgan fingerprint density at radius 3 is 2.79 bits per heavy atom. The molecule has 28 heavy (non-hydrogen) atoms. The second-order valence-electron chi connectivity index (χ2n) is 7.86. The molecule has 1 aromatic carbocycles. The highest BCUT2D eigenvalue weighted by atomic mass is 32.1. The lowest BCUT2D eigenvalue weighted by molar-refractivity contribution is 0.0567. The Bertz CT molecular complexity index is 970. The van der Waals surface area contributed by atoms with Crippen molar-refractivity contribution in [2.24, 2.45) is 5.41 Å². The normalized spacial score (nSPS) is 26.1. The van der Waals surface area contributed by atoms with Gasteiger partial charge < -0.3 is 10.0 Å². The number of hydrogen-bond donors (Lipinski definition) is 1. The summed E-state index contributed by atoms with van der Waals surface area (Å²) in [5, 5.41) is 15.2. The standard InChI is InChI=1S/C22H22N2O2S2/c25-14-22(11-15-5-2-1-3-6-15)12-16-8-9-19(22)24(16)21(26)17-13-28-20(23-17)18-7-4-10-27-18/h1-7,10,13,16,19,25H,8-9,11-12,14H2/t16-,19+,22-/m0/s1. The van der Waals surface area contributed by atoms with Gasteiger partial charge in [-0.05, 0) is 42.7 Å². The summed E-state index contributed by atoms with van der Waals surface area (Å²) >= 11 is 3.17. The fourth-order valence-electron chi connectivity index (χ4n) is 5.03. The van der Waals surface area contributed by atoms with Crippen LogP contribution in [0.5, 0.6) is 0 Å². The van der Waals surface area contributed by atoms with Crippen molar-refractivity contribution in [2.75, 3.05) is 6.61 Å². The quantitative estimate of drug-likeness (QED) is 0.675. The van der Waals surface area contributed by atoms with Crippen LogP contribution in [0, 0.1) is 5.41 Å². The Labute approximate surface area is 172 Å². The molecule has 5 rings (SSSR count). The number of hydrogen-bond acceptors (Lipinski definition) is 5. The molecule has 4 nitrogen and oxygen atoms in total. The fourth-order valence-corrected chi connectivity index (χ4v) is 6.64. The number of rotatable bonds is 5. The van der Waals surface area contributed by atoms with Crippen molar-refractivity contribution in [3.05, 3.63) is 64.5 Å².